The van der Waals surface area contributed by atoms with E-state index >= 15 is 0 Å². The van der Waals surface area contributed by atoms with Gasteiger partial charge in [0.25, 0.3) is 11.8 Å². The number of hydrogen-bond acceptors (Lipinski definition) is 6. The molecule has 0 aliphatic rings. The van der Waals surface area contributed by atoms with Crippen molar-refractivity contribution in [3.8, 4) is 5.75 Å². The number of pyridine rings is 1. The standard InChI is InChI=1S/C12H17N3O3.C9H12FNO/c1-3-4-10(18-2)12(17)15-8-5-6-14-9(7-8)11(13)16;10-8-4-1-2-5-9(8)12-7-3-6-11/h5-7,10H,3-4H2,1-2H3,(H2,13,16)(H,14,15,17);1-2,4-5H,3,6-7,11H2. The van der Waals surface area contributed by atoms with Crippen molar-refractivity contribution in [2.45, 2.75) is 32.3 Å². The van der Waals surface area contributed by atoms with E-state index in [-0.39, 0.29) is 17.4 Å². The summed E-state index contributed by atoms with van der Waals surface area (Å²) >= 11 is 0. The third kappa shape index (κ3) is 8.97. The summed E-state index contributed by atoms with van der Waals surface area (Å²) in [5.74, 6) is -0.913. The molecule has 9 heteroatoms. The van der Waals surface area contributed by atoms with Gasteiger partial charge in [-0.3, -0.25) is 14.6 Å². The molecule has 0 aliphatic carbocycles. The van der Waals surface area contributed by atoms with Crippen LogP contribution in [0.15, 0.2) is 42.6 Å². The van der Waals surface area contributed by atoms with Gasteiger partial charge in [0, 0.05) is 19.0 Å². The van der Waals surface area contributed by atoms with Crippen molar-refractivity contribution in [2.24, 2.45) is 11.5 Å². The monoisotopic (exact) mass is 420 g/mol. The van der Waals surface area contributed by atoms with E-state index in [0.29, 0.717) is 31.0 Å². The van der Waals surface area contributed by atoms with Crippen molar-refractivity contribution in [3.63, 3.8) is 0 Å². The van der Waals surface area contributed by atoms with Gasteiger partial charge in [-0.25, -0.2) is 4.39 Å². The molecule has 30 heavy (non-hydrogen) atoms. The molecule has 164 valence electrons. The molecule has 1 heterocycles. The van der Waals surface area contributed by atoms with Crippen LogP contribution in [0, 0.1) is 5.82 Å². The minimum atomic E-state index is -0.636. The van der Waals surface area contributed by atoms with Crippen LogP contribution in [0.3, 0.4) is 0 Å². The molecule has 1 unspecified atom stereocenters. The van der Waals surface area contributed by atoms with Crippen molar-refractivity contribution in [3.05, 3.63) is 54.1 Å². The minimum Gasteiger partial charge on any atom is -0.490 e. The van der Waals surface area contributed by atoms with Gasteiger partial charge in [0.1, 0.15) is 11.8 Å². The normalized spacial score (nSPS) is 11.1. The number of anilines is 1. The molecular weight excluding hydrogens is 391 g/mol. The predicted molar refractivity (Wildman–Crippen MR) is 113 cm³/mol. The van der Waals surface area contributed by atoms with Gasteiger partial charge in [-0.15, -0.1) is 0 Å². The van der Waals surface area contributed by atoms with E-state index in [1.807, 2.05) is 6.92 Å². The maximum absolute atomic E-state index is 12.9. The van der Waals surface area contributed by atoms with Crippen LogP contribution in [0.1, 0.15) is 36.7 Å². The van der Waals surface area contributed by atoms with Gasteiger partial charge >= 0.3 is 0 Å². The number of nitrogens with zero attached hydrogens (tertiary/aromatic N) is 1. The molecule has 8 nitrogen and oxygen atoms in total. The first-order chi connectivity index (χ1) is 14.4. The van der Waals surface area contributed by atoms with Crippen molar-refractivity contribution in [2.75, 3.05) is 25.6 Å². The topological polar surface area (TPSA) is 130 Å². The van der Waals surface area contributed by atoms with Crippen LogP contribution in [-0.2, 0) is 9.53 Å². The zero-order valence-corrected chi connectivity index (χ0v) is 17.3. The van der Waals surface area contributed by atoms with Crippen molar-refractivity contribution in [1.29, 1.82) is 0 Å². The highest BCUT2D eigenvalue weighted by Crippen LogP contribution is 2.15. The number of para-hydroxylation sites is 1. The molecule has 1 aromatic heterocycles. The largest absolute Gasteiger partial charge is 0.490 e. The Balaban J connectivity index is 0.000000325. The molecule has 0 radical (unpaired) electrons. The fourth-order valence-corrected chi connectivity index (χ4v) is 2.31. The summed E-state index contributed by atoms with van der Waals surface area (Å²) in [6.07, 6.45) is 3.14. The Morgan fingerprint density at radius 3 is 2.60 bits per heavy atom. The molecule has 2 amide bonds. The number of nitrogens with one attached hydrogen (secondary N) is 1. The van der Waals surface area contributed by atoms with Crippen molar-refractivity contribution >= 4 is 17.5 Å². The lowest BCUT2D eigenvalue weighted by atomic mass is 10.2. The number of rotatable bonds is 10. The Kier molecular flexibility index (Phi) is 11.7. The molecule has 0 fully saturated rings. The Hall–Kier alpha value is -3.04. The third-order valence-electron chi connectivity index (χ3n) is 3.85. The number of amides is 2. The molecule has 0 saturated carbocycles. The SMILES string of the molecule is CCCC(OC)C(=O)Nc1ccnc(C(N)=O)c1.NCCCOc1ccccc1F. The third-order valence-corrected chi connectivity index (χ3v) is 3.85. The lowest BCUT2D eigenvalue weighted by Crippen LogP contribution is -2.29. The number of nitrogens with two attached hydrogens (primary N) is 2. The number of benzene rings is 1. The fourth-order valence-electron chi connectivity index (χ4n) is 2.31. The summed E-state index contributed by atoms with van der Waals surface area (Å²) in [5, 5.41) is 2.66. The number of primary amides is 1. The van der Waals surface area contributed by atoms with Crippen molar-refractivity contribution < 1.29 is 23.5 Å². The molecule has 2 aromatic rings. The molecule has 2 rings (SSSR count). The lowest BCUT2D eigenvalue weighted by Gasteiger charge is -2.14. The van der Waals surface area contributed by atoms with E-state index in [1.165, 1.54) is 25.4 Å². The van der Waals surface area contributed by atoms with Crippen LogP contribution in [0.5, 0.6) is 5.75 Å². The van der Waals surface area contributed by atoms with E-state index in [2.05, 4.69) is 10.3 Å². The van der Waals surface area contributed by atoms with E-state index in [4.69, 9.17) is 20.9 Å². The van der Waals surface area contributed by atoms with Gasteiger partial charge in [0.05, 0.1) is 6.61 Å². The van der Waals surface area contributed by atoms with Crippen LogP contribution in [-0.4, -0.2) is 43.2 Å². The zero-order chi connectivity index (χ0) is 22.4. The smallest absolute Gasteiger partial charge is 0.267 e. The molecule has 1 atom stereocenters. The van der Waals surface area contributed by atoms with E-state index in [0.717, 1.165) is 12.8 Å². The number of carbonyl (C=O) groups excluding carboxylic acids is 2. The van der Waals surface area contributed by atoms with Crippen LogP contribution >= 0.6 is 0 Å². The molecule has 5 N–H and O–H groups in total. The minimum absolute atomic E-state index is 0.109. The number of hydrogen-bond donors (Lipinski definition) is 3. The summed E-state index contributed by atoms with van der Waals surface area (Å²) in [5.41, 5.74) is 10.9. The second-order valence-electron chi connectivity index (χ2n) is 6.22. The van der Waals surface area contributed by atoms with Gasteiger partial charge in [-0.05, 0) is 43.7 Å². The Morgan fingerprint density at radius 2 is 2.00 bits per heavy atom. The second-order valence-corrected chi connectivity index (χ2v) is 6.22. The van der Waals surface area contributed by atoms with Crippen LogP contribution in [0.2, 0.25) is 0 Å². The first-order valence-electron chi connectivity index (χ1n) is 9.59. The van der Waals surface area contributed by atoms with Gasteiger partial charge in [0.15, 0.2) is 11.6 Å². The summed E-state index contributed by atoms with van der Waals surface area (Å²) in [6, 6.07) is 9.36. The number of halogens is 1. The Morgan fingerprint density at radius 1 is 1.27 bits per heavy atom. The van der Waals surface area contributed by atoms with Gasteiger partial charge in [0.2, 0.25) is 0 Å². The number of methoxy groups -OCH3 is 1. The Bertz CT molecular complexity index is 804. The van der Waals surface area contributed by atoms with E-state index in [1.54, 1.807) is 24.3 Å². The summed E-state index contributed by atoms with van der Waals surface area (Å²) < 4.78 is 23.1. The summed E-state index contributed by atoms with van der Waals surface area (Å²) in [4.78, 5) is 26.6. The quantitative estimate of drug-likeness (QED) is 0.506. The average Bonchev–Trinajstić information content (AvgIpc) is 2.74. The number of aromatic nitrogens is 1. The molecule has 0 bridgehead atoms. The van der Waals surface area contributed by atoms with Crippen LogP contribution in [0.25, 0.3) is 0 Å². The average molecular weight is 420 g/mol. The second kappa shape index (κ2) is 14.0. The van der Waals surface area contributed by atoms with Gasteiger partial charge in [-0.2, -0.15) is 0 Å². The van der Waals surface area contributed by atoms with Crippen LogP contribution in [0.4, 0.5) is 10.1 Å². The zero-order valence-electron chi connectivity index (χ0n) is 17.3. The predicted octanol–water partition coefficient (Wildman–Crippen LogP) is 2.49. The highest BCUT2D eigenvalue weighted by Gasteiger charge is 2.17. The first-order valence-corrected chi connectivity index (χ1v) is 9.59. The van der Waals surface area contributed by atoms with E-state index < -0.39 is 12.0 Å². The van der Waals surface area contributed by atoms with Crippen molar-refractivity contribution in [1.82, 2.24) is 4.98 Å². The number of carbonyl (C=O) groups is 2. The lowest BCUT2D eigenvalue weighted by molar-refractivity contribution is -0.126. The molecule has 0 aliphatic heterocycles. The van der Waals surface area contributed by atoms with Gasteiger partial charge < -0.3 is 26.3 Å². The maximum Gasteiger partial charge on any atom is 0.267 e. The first kappa shape index (κ1) is 25.0. The summed E-state index contributed by atoms with van der Waals surface area (Å²) in [6.45, 7) is 3.00. The molecular formula is C21H29FN4O4. The van der Waals surface area contributed by atoms with Gasteiger partial charge in [-0.1, -0.05) is 25.5 Å². The maximum atomic E-state index is 12.9. The highest BCUT2D eigenvalue weighted by atomic mass is 19.1. The van der Waals surface area contributed by atoms with E-state index in [9.17, 15) is 14.0 Å². The highest BCUT2D eigenvalue weighted by molar-refractivity contribution is 5.96. The molecule has 0 spiro atoms. The fraction of sp³-hybridized carbons (Fsp3) is 0.381. The molecule has 0 saturated heterocycles. The number of ether oxygens (including phenoxy) is 2. The summed E-state index contributed by atoms with van der Waals surface area (Å²) in [7, 11) is 1.49. The Labute approximate surface area is 175 Å². The molecule has 1 aromatic carbocycles. The van der Waals surface area contributed by atoms with Crippen LogP contribution < -0.4 is 21.5 Å².